The van der Waals surface area contributed by atoms with E-state index in [9.17, 15) is 0 Å². The van der Waals surface area contributed by atoms with Crippen LogP contribution < -0.4 is 5.32 Å². The Labute approximate surface area is 168 Å². The van der Waals surface area contributed by atoms with Crippen LogP contribution in [0.15, 0.2) is 30.3 Å². The SMILES string of the molecule is Cc1cc(-c2[nH]c3ccc(C4CCNCC4)cc3c2C(C)C)cc(C2CC2)n1. The lowest BCUT2D eigenvalue weighted by Crippen LogP contribution is -2.26. The predicted molar refractivity (Wildman–Crippen MR) is 117 cm³/mol. The molecule has 0 atom stereocenters. The first-order valence-corrected chi connectivity index (χ1v) is 11.0. The van der Waals surface area contributed by atoms with Gasteiger partial charge in [0.1, 0.15) is 0 Å². The molecule has 3 heterocycles. The molecule has 3 aromatic rings. The highest BCUT2D eigenvalue weighted by atomic mass is 14.9. The molecule has 146 valence electrons. The van der Waals surface area contributed by atoms with Gasteiger partial charge in [0.05, 0.1) is 5.69 Å². The summed E-state index contributed by atoms with van der Waals surface area (Å²) in [5.74, 6) is 1.84. The van der Waals surface area contributed by atoms with Crippen molar-refractivity contribution in [3.05, 3.63) is 52.8 Å². The van der Waals surface area contributed by atoms with Crippen molar-refractivity contribution in [2.75, 3.05) is 13.1 Å². The van der Waals surface area contributed by atoms with E-state index in [0.29, 0.717) is 17.8 Å². The van der Waals surface area contributed by atoms with Gasteiger partial charge in [0.2, 0.25) is 0 Å². The summed E-state index contributed by atoms with van der Waals surface area (Å²) >= 11 is 0. The highest BCUT2D eigenvalue weighted by molar-refractivity contribution is 5.92. The second-order valence-corrected chi connectivity index (χ2v) is 9.09. The van der Waals surface area contributed by atoms with E-state index in [2.05, 4.69) is 61.4 Å². The van der Waals surface area contributed by atoms with Gasteiger partial charge in [-0.2, -0.15) is 0 Å². The van der Waals surface area contributed by atoms with Crippen LogP contribution in [0, 0.1) is 6.92 Å². The number of H-pyrrole nitrogens is 1. The predicted octanol–water partition coefficient (Wildman–Crippen LogP) is 6.01. The molecular formula is C25H31N3. The van der Waals surface area contributed by atoms with E-state index < -0.39 is 0 Å². The first-order chi connectivity index (χ1) is 13.6. The minimum Gasteiger partial charge on any atom is -0.354 e. The van der Waals surface area contributed by atoms with Crippen LogP contribution in [-0.2, 0) is 0 Å². The van der Waals surface area contributed by atoms with Gasteiger partial charge in [-0.25, -0.2) is 0 Å². The zero-order chi connectivity index (χ0) is 19.3. The van der Waals surface area contributed by atoms with Crippen molar-refractivity contribution in [2.45, 2.75) is 64.2 Å². The number of piperidine rings is 1. The summed E-state index contributed by atoms with van der Waals surface area (Å²) in [6, 6.07) is 11.7. The number of hydrogen-bond acceptors (Lipinski definition) is 2. The molecule has 2 fully saturated rings. The van der Waals surface area contributed by atoms with Crippen LogP contribution in [-0.4, -0.2) is 23.1 Å². The Hall–Kier alpha value is -2.13. The van der Waals surface area contributed by atoms with Gasteiger partial charge in [0.15, 0.2) is 0 Å². The smallest absolute Gasteiger partial charge is 0.0501 e. The summed E-state index contributed by atoms with van der Waals surface area (Å²) in [6.07, 6.45) is 5.07. The minimum atomic E-state index is 0.477. The Balaban J connectivity index is 1.64. The number of nitrogens with one attached hydrogen (secondary N) is 2. The lowest BCUT2D eigenvalue weighted by Gasteiger charge is -2.23. The Morgan fingerprint density at radius 2 is 1.75 bits per heavy atom. The van der Waals surface area contributed by atoms with Crippen molar-refractivity contribution in [3.8, 4) is 11.3 Å². The van der Waals surface area contributed by atoms with Crippen molar-refractivity contribution in [1.29, 1.82) is 0 Å². The monoisotopic (exact) mass is 373 g/mol. The Morgan fingerprint density at radius 3 is 2.46 bits per heavy atom. The van der Waals surface area contributed by atoms with Crippen molar-refractivity contribution in [3.63, 3.8) is 0 Å². The van der Waals surface area contributed by atoms with E-state index in [0.717, 1.165) is 18.8 Å². The number of aromatic amines is 1. The zero-order valence-corrected chi connectivity index (χ0v) is 17.3. The van der Waals surface area contributed by atoms with Crippen molar-refractivity contribution in [1.82, 2.24) is 15.3 Å². The van der Waals surface area contributed by atoms with Gasteiger partial charge in [0.25, 0.3) is 0 Å². The molecule has 5 rings (SSSR count). The van der Waals surface area contributed by atoms with E-state index in [4.69, 9.17) is 4.98 Å². The second kappa shape index (κ2) is 7.04. The first kappa shape index (κ1) is 17.9. The topological polar surface area (TPSA) is 40.7 Å². The van der Waals surface area contributed by atoms with Crippen LogP contribution in [0.1, 0.15) is 79.8 Å². The average Bonchev–Trinajstić information content (AvgIpc) is 3.47. The lowest BCUT2D eigenvalue weighted by molar-refractivity contribution is 0.460. The van der Waals surface area contributed by atoms with Gasteiger partial charge >= 0.3 is 0 Å². The quantitative estimate of drug-likeness (QED) is 0.588. The third-order valence-electron chi connectivity index (χ3n) is 6.51. The van der Waals surface area contributed by atoms with E-state index >= 15 is 0 Å². The number of nitrogens with zero attached hydrogens (tertiary/aromatic N) is 1. The highest BCUT2D eigenvalue weighted by Crippen LogP contribution is 2.42. The number of pyridine rings is 1. The van der Waals surface area contributed by atoms with E-state index in [1.807, 2.05) is 0 Å². The average molecular weight is 374 g/mol. The number of aryl methyl sites for hydroxylation is 1. The van der Waals surface area contributed by atoms with Crippen LogP contribution in [0.5, 0.6) is 0 Å². The third kappa shape index (κ3) is 3.26. The fourth-order valence-electron chi connectivity index (χ4n) is 4.89. The second-order valence-electron chi connectivity index (χ2n) is 9.09. The summed E-state index contributed by atoms with van der Waals surface area (Å²) in [6.45, 7) is 9.04. The zero-order valence-electron chi connectivity index (χ0n) is 17.3. The molecule has 0 radical (unpaired) electrons. The van der Waals surface area contributed by atoms with Crippen LogP contribution >= 0.6 is 0 Å². The van der Waals surface area contributed by atoms with Crippen molar-refractivity contribution in [2.24, 2.45) is 0 Å². The van der Waals surface area contributed by atoms with E-state index in [-0.39, 0.29) is 0 Å². The number of benzene rings is 1. The largest absolute Gasteiger partial charge is 0.354 e. The Kier molecular flexibility index (Phi) is 4.51. The molecule has 0 unspecified atom stereocenters. The molecule has 2 aliphatic rings. The molecule has 2 N–H and O–H groups in total. The number of hydrogen-bond donors (Lipinski definition) is 2. The molecule has 1 aliphatic carbocycles. The fourth-order valence-corrected chi connectivity index (χ4v) is 4.89. The molecule has 28 heavy (non-hydrogen) atoms. The van der Waals surface area contributed by atoms with Crippen LogP contribution in [0.25, 0.3) is 22.2 Å². The Bertz CT molecular complexity index is 1000. The summed E-state index contributed by atoms with van der Waals surface area (Å²) in [5, 5.41) is 4.90. The van der Waals surface area contributed by atoms with Gasteiger partial charge in [0, 0.05) is 33.8 Å². The van der Waals surface area contributed by atoms with E-state index in [1.54, 1.807) is 0 Å². The van der Waals surface area contributed by atoms with Gasteiger partial charge in [-0.3, -0.25) is 4.98 Å². The standard InChI is InChI=1S/C25H31N3/c1-15(2)24-21-13-19(17-8-10-26-11-9-17)6-7-22(21)28-25(24)20-12-16(3)27-23(14-20)18-4-5-18/h6-7,12-15,17-18,26,28H,4-5,8-11H2,1-3H3. The van der Waals surface area contributed by atoms with Gasteiger partial charge in [-0.1, -0.05) is 19.9 Å². The maximum Gasteiger partial charge on any atom is 0.0501 e. The summed E-state index contributed by atoms with van der Waals surface area (Å²) in [5.41, 5.74) is 9.22. The maximum absolute atomic E-state index is 4.81. The first-order valence-electron chi connectivity index (χ1n) is 11.0. The van der Waals surface area contributed by atoms with E-state index in [1.165, 1.54) is 64.7 Å². The van der Waals surface area contributed by atoms with Gasteiger partial charge in [-0.05, 0) is 92.9 Å². The molecular weight excluding hydrogens is 342 g/mol. The molecule has 3 heteroatoms. The molecule has 3 nitrogen and oxygen atoms in total. The summed E-state index contributed by atoms with van der Waals surface area (Å²) in [7, 11) is 0. The van der Waals surface area contributed by atoms with Gasteiger partial charge < -0.3 is 10.3 Å². The Morgan fingerprint density at radius 1 is 0.964 bits per heavy atom. The van der Waals surface area contributed by atoms with Crippen molar-refractivity contribution < 1.29 is 0 Å². The molecule has 0 amide bonds. The number of rotatable bonds is 4. The van der Waals surface area contributed by atoms with Crippen LogP contribution in [0.4, 0.5) is 0 Å². The molecule has 0 bridgehead atoms. The lowest BCUT2D eigenvalue weighted by atomic mass is 9.88. The molecule has 0 spiro atoms. The normalized spacial score (nSPS) is 18.3. The number of fused-ring (bicyclic) bond motifs is 1. The fraction of sp³-hybridized carbons (Fsp3) is 0.480. The molecule has 1 aliphatic heterocycles. The van der Waals surface area contributed by atoms with Crippen LogP contribution in [0.3, 0.4) is 0 Å². The molecule has 1 aromatic carbocycles. The maximum atomic E-state index is 4.81. The minimum absolute atomic E-state index is 0.477. The van der Waals surface area contributed by atoms with Crippen molar-refractivity contribution >= 4 is 10.9 Å². The molecule has 1 saturated heterocycles. The summed E-state index contributed by atoms with van der Waals surface area (Å²) < 4.78 is 0. The van der Waals surface area contributed by atoms with Crippen LogP contribution in [0.2, 0.25) is 0 Å². The van der Waals surface area contributed by atoms with Gasteiger partial charge in [-0.15, -0.1) is 0 Å². The number of aromatic nitrogens is 2. The third-order valence-corrected chi connectivity index (χ3v) is 6.51. The highest BCUT2D eigenvalue weighted by Gasteiger charge is 2.26. The molecule has 2 aromatic heterocycles. The molecule has 1 saturated carbocycles. The summed E-state index contributed by atoms with van der Waals surface area (Å²) in [4.78, 5) is 8.57.